The van der Waals surface area contributed by atoms with Crippen molar-refractivity contribution < 1.29 is 8.83 Å². The molecule has 2 heterocycles. The zero-order valence-corrected chi connectivity index (χ0v) is 45.1. The van der Waals surface area contributed by atoms with Gasteiger partial charge < -0.3 is 13.7 Å². The van der Waals surface area contributed by atoms with Gasteiger partial charge in [0.25, 0.3) is 0 Å². The number of hydrogen-bond acceptors (Lipinski definition) is 3. The molecular weight excluding hydrogens is 1010 g/mol. The lowest BCUT2D eigenvalue weighted by Gasteiger charge is -2.34. The average Bonchev–Trinajstić information content (AvgIpc) is 1.89. The third-order valence-corrected chi connectivity index (χ3v) is 18.6. The molecule has 3 aliphatic rings. The summed E-state index contributed by atoms with van der Waals surface area (Å²) in [6.45, 7) is 0. The molecule has 3 heteroatoms. The molecule has 0 radical (unpaired) electrons. The van der Waals surface area contributed by atoms with Crippen LogP contribution in [0.25, 0.3) is 99.5 Å². The first-order valence-electron chi connectivity index (χ1n) is 28.7. The number of rotatable bonds is 7. The Kier molecular flexibility index (Phi) is 9.64. The second kappa shape index (κ2) is 17.4. The van der Waals surface area contributed by atoms with Gasteiger partial charge in [0, 0.05) is 38.5 Å². The van der Waals surface area contributed by atoms with E-state index in [1.54, 1.807) is 0 Å². The molecule has 83 heavy (non-hydrogen) atoms. The summed E-state index contributed by atoms with van der Waals surface area (Å²) in [5.74, 6) is 0. The molecule has 3 nitrogen and oxygen atoms in total. The van der Waals surface area contributed by atoms with E-state index in [2.05, 4.69) is 302 Å². The van der Waals surface area contributed by atoms with Crippen molar-refractivity contribution in [3.8, 4) is 55.6 Å². The molecular formula is C80H49NO2. The molecule has 0 saturated carbocycles. The number of nitrogens with zero attached hydrogens (tertiary/aromatic N) is 1. The molecule has 0 aliphatic heterocycles. The topological polar surface area (TPSA) is 29.5 Å². The average molecular weight is 1060 g/mol. The van der Waals surface area contributed by atoms with Crippen LogP contribution in [0.4, 0.5) is 17.1 Å². The third kappa shape index (κ3) is 6.18. The third-order valence-electron chi connectivity index (χ3n) is 18.6. The summed E-state index contributed by atoms with van der Waals surface area (Å²) >= 11 is 0. The van der Waals surface area contributed by atoms with Crippen molar-refractivity contribution in [3.05, 3.63) is 342 Å². The zero-order chi connectivity index (χ0) is 54.4. The number of benzene rings is 13. The van der Waals surface area contributed by atoms with Gasteiger partial charge in [0.1, 0.15) is 16.7 Å². The van der Waals surface area contributed by atoms with Gasteiger partial charge >= 0.3 is 0 Å². The fourth-order valence-corrected chi connectivity index (χ4v) is 15.4. The lowest BCUT2D eigenvalue weighted by atomic mass is 9.67. The van der Waals surface area contributed by atoms with Gasteiger partial charge in [0.2, 0.25) is 0 Å². The lowest BCUT2D eigenvalue weighted by molar-refractivity contribution is 0.665. The molecule has 0 unspecified atom stereocenters. The van der Waals surface area contributed by atoms with E-state index < -0.39 is 10.8 Å². The first-order valence-corrected chi connectivity index (χ1v) is 28.7. The monoisotopic (exact) mass is 1060 g/mol. The number of furan rings is 2. The summed E-state index contributed by atoms with van der Waals surface area (Å²) in [6, 6.07) is 109. The van der Waals surface area contributed by atoms with E-state index in [0.29, 0.717) is 0 Å². The minimum atomic E-state index is -0.593. The predicted molar refractivity (Wildman–Crippen MR) is 340 cm³/mol. The zero-order valence-electron chi connectivity index (χ0n) is 45.1. The smallest absolute Gasteiger partial charge is 0.159 e. The molecule has 1 spiro atoms. The minimum Gasteiger partial charge on any atom is -0.456 e. The van der Waals surface area contributed by atoms with E-state index in [4.69, 9.17) is 8.83 Å². The maximum atomic E-state index is 7.85. The van der Waals surface area contributed by atoms with Gasteiger partial charge in [-0.15, -0.1) is 0 Å². The highest BCUT2D eigenvalue weighted by atomic mass is 16.3. The second-order valence-electron chi connectivity index (χ2n) is 22.5. The van der Waals surface area contributed by atoms with E-state index >= 15 is 0 Å². The van der Waals surface area contributed by atoms with E-state index in [1.807, 2.05) is 0 Å². The van der Waals surface area contributed by atoms with Gasteiger partial charge in [-0.3, -0.25) is 0 Å². The first kappa shape index (κ1) is 46.1. The number of fused-ring (bicyclic) bond motifs is 19. The van der Waals surface area contributed by atoms with Crippen LogP contribution < -0.4 is 4.90 Å². The molecule has 0 bridgehead atoms. The quantitative estimate of drug-likeness (QED) is 0.159. The summed E-state index contributed by atoms with van der Waals surface area (Å²) in [5, 5.41) is 4.07. The molecule has 0 saturated heterocycles. The Morgan fingerprint density at radius 2 is 0.771 bits per heavy atom. The van der Waals surface area contributed by atoms with Crippen molar-refractivity contribution in [2.24, 2.45) is 0 Å². The standard InChI is InChI=1S/C80H49NO2/c1-4-23-50(24-5-1)51-25-20-30-54(47-51)81(55-45-46-59-58-33-12-17-40-67(58)80(70(59)48-55)65-38-15-10-31-56(65)57-32-11-16-39-66(57)80)71-43-22-36-60-64-49-73-75(62-35-14-19-44-72(62)82-73)76(78(64)83-77(60)71)63-37-21-42-69-74(63)61-34-13-18-41-68(61)79(69,52-26-6-2-7-27-52)53-28-8-3-9-29-53/h1-49H. The van der Waals surface area contributed by atoms with E-state index in [-0.39, 0.29) is 0 Å². The van der Waals surface area contributed by atoms with Crippen molar-refractivity contribution in [2.75, 3.05) is 4.90 Å². The van der Waals surface area contributed by atoms with Gasteiger partial charge in [0.05, 0.1) is 16.5 Å². The van der Waals surface area contributed by atoms with Gasteiger partial charge in [0.15, 0.2) is 5.58 Å². The molecule has 0 fully saturated rings. The van der Waals surface area contributed by atoms with Crippen molar-refractivity contribution in [3.63, 3.8) is 0 Å². The normalized spacial score (nSPS) is 13.7. The van der Waals surface area contributed by atoms with Crippen LogP contribution in [-0.4, -0.2) is 0 Å². The first-order chi connectivity index (χ1) is 41.2. The van der Waals surface area contributed by atoms with Crippen LogP contribution in [0.2, 0.25) is 0 Å². The van der Waals surface area contributed by atoms with Crippen LogP contribution in [0, 0.1) is 0 Å². The van der Waals surface area contributed by atoms with Crippen molar-refractivity contribution in [1.82, 2.24) is 0 Å². The molecule has 15 aromatic rings. The maximum Gasteiger partial charge on any atom is 0.159 e. The molecule has 0 atom stereocenters. The molecule has 0 N–H and O–H groups in total. The fraction of sp³-hybridized carbons (Fsp3) is 0.0250. The van der Waals surface area contributed by atoms with Crippen LogP contribution in [0.1, 0.15) is 44.5 Å². The van der Waals surface area contributed by atoms with E-state index in [0.717, 1.165) is 83.2 Å². The Bertz CT molecular complexity index is 5060. The highest BCUT2D eigenvalue weighted by Gasteiger charge is 2.52. The lowest BCUT2D eigenvalue weighted by Crippen LogP contribution is -2.28. The summed E-state index contributed by atoms with van der Waals surface area (Å²) in [6.07, 6.45) is 0. The Hall–Kier alpha value is -10.7. The summed E-state index contributed by atoms with van der Waals surface area (Å²) in [7, 11) is 0. The molecule has 3 aliphatic carbocycles. The van der Waals surface area contributed by atoms with Crippen LogP contribution in [-0.2, 0) is 10.8 Å². The Balaban J connectivity index is 0.930. The van der Waals surface area contributed by atoms with Gasteiger partial charge in [-0.1, -0.05) is 255 Å². The number of anilines is 3. The Labute approximate surface area is 480 Å². The maximum absolute atomic E-state index is 7.85. The second-order valence-corrected chi connectivity index (χ2v) is 22.5. The molecule has 18 rings (SSSR count). The van der Waals surface area contributed by atoms with Crippen LogP contribution in [0.3, 0.4) is 0 Å². The summed E-state index contributed by atoms with van der Waals surface area (Å²) in [4.78, 5) is 2.44. The largest absolute Gasteiger partial charge is 0.456 e. The van der Waals surface area contributed by atoms with Crippen molar-refractivity contribution in [1.29, 1.82) is 0 Å². The highest BCUT2D eigenvalue weighted by Crippen LogP contribution is 2.64. The minimum absolute atomic E-state index is 0.531. The van der Waals surface area contributed by atoms with Crippen LogP contribution in [0.15, 0.2) is 306 Å². The van der Waals surface area contributed by atoms with Gasteiger partial charge in [-0.25, -0.2) is 0 Å². The van der Waals surface area contributed by atoms with Crippen molar-refractivity contribution >= 4 is 60.9 Å². The Morgan fingerprint density at radius 3 is 1.46 bits per heavy atom. The molecule has 13 aromatic carbocycles. The van der Waals surface area contributed by atoms with E-state index in [9.17, 15) is 0 Å². The van der Waals surface area contributed by atoms with Gasteiger partial charge in [-0.05, 0) is 137 Å². The SMILES string of the molecule is c1ccc(-c2cccc(N(c3ccc4c(c3)C3(c5ccccc5-c5ccccc53)c3ccccc3-4)c3cccc4c3oc3c(-c5cccc6c5-c5ccccc5C6(c5ccccc5)c5ccccc5)c5c(cc34)oc3ccccc35)c2)cc1. The molecule has 386 valence electrons. The van der Waals surface area contributed by atoms with E-state index in [1.165, 1.54) is 77.9 Å². The summed E-state index contributed by atoms with van der Waals surface area (Å²) < 4.78 is 14.8. The Morgan fingerprint density at radius 1 is 0.265 bits per heavy atom. The number of hydrogen-bond donors (Lipinski definition) is 0. The molecule has 2 aromatic heterocycles. The predicted octanol–water partition coefficient (Wildman–Crippen LogP) is 21.0. The van der Waals surface area contributed by atoms with Crippen molar-refractivity contribution in [2.45, 2.75) is 10.8 Å². The fourth-order valence-electron chi connectivity index (χ4n) is 15.4. The van der Waals surface area contributed by atoms with Crippen LogP contribution >= 0.6 is 0 Å². The number of para-hydroxylation sites is 2. The summed E-state index contributed by atoms with van der Waals surface area (Å²) in [5.41, 5.74) is 27.1. The van der Waals surface area contributed by atoms with Gasteiger partial charge in [-0.2, -0.15) is 0 Å². The highest BCUT2D eigenvalue weighted by molar-refractivity contribution is 6.26. The van der Waals surface area contributed by atoms with Crippen LogP contribution in [0.5, 0.6) is 0 Å². The molecule has 0 amide bonds.